The number of nitrogens with zero attached hydrogens (tertiary/aromatic N) is 7. The third kappa shape index (κ3) is 3.91. The molecular weight excluding hydrogens is 493 g/mol. The first-order valence-corrected chi connectivity index (χ1v) is 12.4. The van der Waals surface area contributed by atoms with Crippen LogP contribution in [0.3, 0.4) is 0 Å². The van der Waals surface area contributed by atoms with Crippen molar-refractivity contribution < 1.29 is 24.1 Å². The van der Waals surface area contributed by atoms with Crippen LogP contribution in [-0.4, -0.2) is 86.2 Å². The standard InChI is InChI=1S/C26H26FN7O4/c27-23-7-17(34-10-19(38-25(34)37)9-33-6-5-30-31-33)2-3-20(23)16-1-4-24(29-8-16)26(15-28)21-11-32(12-22(21)26)18(13-35)14-36/h1-8,18-19,21-22,35-36H,9-14H2/t19-,21?,22?,26?/m0/s1. The SMILES string of the molecule is N#CC1(c2ccc(-c3ccc(N4C[C@H](Cn5ccnn5)OC4=O)cc3F)cn2)C2CN(C(CO)CO)CC21. The fraction of sp³-hybridized carbons (Fsp3) is 0.423. The molecular formula is C26H26FN7O4. The molecule has 2 aliphatic heterocycles. The van der Waals surface area contributed by atoms with Gasteiger partial charge in [0.15, 0.2) is 0 Å². The first-order chi connectivity index (χ1) is 18.5. The van der Waals surface area contributed by atoms with Crippen LogP contribution in [0.25, 0.3) is 11.1 Å². The average molecular weight is 520 g/mol. The molecule has 3 fully saturated rings. The molecule has 2 N–H and O–H groups in total. The number of rotatable bonds is 8. The third-order valence-electron chi connectivity index (χ3n) is 8.03. The number of benzene rings is 1. The molecule has 1 aliphatic carbocycles. The van der Waals surface area contributed by atoms with Crippen LogP contribution < -0.4 is 4.90 Å². The molecule has 3 atom stereocenters. The maximum atomic E-state index is 15.2. The minimum atomic E-state index is -0.703. The van der Waals surface area contributed by atoms with Crippen LogP contribution in [0, 0.1) is 29.0 Å². The van der Waals surface area contributed by atoms with Gasteiger partial charge in [0.2, 0.25) is 0 Å². The Bertz CT molecular complexity index is 1360. The molecule has 196 valence electrons. The minimum absolute atomic E-state index is 0.0797. The van der Waals surface area contributed by atoms with Gasteiger partial charge in [-0.3, -0.25) is 14.8 Å². The Morgan fingerprint density at radius 3 is 2.58 bits per heavy atom. The fourth-order valence-electron chi connectivity index (χ4n) is 5.92. The third-order valence-corrected chi connectivity index (χ3v) is 8.03. The van der Waals surface area contributed by atoms with Gasteiger partial charge in [-0.05, 0) is 24.3 Å². The summed E-state index contributed by atoms with van der Waals surface area (Å²) in [6, 6.07) is 10.2. The number of piperidine rings is 1. The summed E-state index contributed by atoms with van der Waals surface area (Å²) in [5.74, 6) is -0.343. The Labute approximate surface area is 217 Å². The second-order valence-electron chi connectivity index (χ2n) is 10.0. The molecule has 0 bridgehead atoms. The monoisotopic (exact) mass is 519 g/mol. The smallest absolute Gasteiger partial charge is 0.414 e. The number of halogens is 1. The summed E-state index contributed by atoms with van der Waals surface area (Å²) in [5.41, 5.74) is 1.24. The summed E-state index contributed by atoms with van der Waals surface area (Å²) < 4.78 is 22.1. The van der Waals surface area contributed by atoms with Crippen LogP contribution in [0.4, 0.5) is 14.9 Å². The predicted octanol–water partition coefficient (Wildman–Crippen LogP) is 1.18. The number of cyclic esters (lactones) is 1. The van der Waals surface area contributed by atoms with E-state index >= 15 is 4.39 Å². The van der Waals surface area contributed by atoms with E-state index in [0.29, 0.717) is 42.1 Å². The Balaban J connectivity index is 1.15. The summed E-state index contributed by atoms with van der Waals surface area (Å²) in [6.45, 7) is 1.59. The van der Waals surface area contributed by atoms with Crippen LogP contribution in [0.2, 0.25) is 0 Å². The summed E-state index contributed by atoms with van der Waals surface area (Å²) in [6.07, 6.45) is 3.81. The Morgan fingerprint density at radius 2 is 1.97 bits per heavy atom. The van der Waals surface area contributed by atoms with E-state index in [1.165, 1.54) is 11.0 Å². The fourth-order valence-corrected chi connectivity index (χ4v) is 5.92. The van der Waals surface area contributed by atoms with Gasteiger partial charge >= 0.3 is 6.09 Å². The normalized spacial score (nSPS) is 26.4. The summed E-state index contributed by atoms with van der Waals surface area (Å²) in [5, 5.41) is 36.6. The summed E-state index contributed by atoms with van der Waals surface area (Å²) in [7, 11) is 0. The highest BCUT2D eigenvalue weighted by Gasteiger charge is 2.71. The van der Waals surface area contributed by atoms with Gasteiger partial charge in [-0.25, -0.2) is 13.9 Å². The highest BCUT2D eigenvalue weighted by atomic mass is 19.1. The minimum Gasteiger partial charge on any atom is -0.442 e. The number of aromatic nitrogens is 4. The molecule has 11 nitrogen and oxygen atoms in total. The number of nitriles is 1. The zero-order valence-corrected chi connectivity index (χ0v) is 20.4. The molecule has 3 aromatic rings. The Hall–Kier alpha value is -3.92. The van der Waals surface area contributed by atoms with E-state index in [-0.39, 0.29) is 37.6 Å². The van der Waals surface area contributed by atoms with Crippen molar-refractivity contribution in [3.63, 3.8) is 0 Å². The van der Waals surface area contributed by atoms with Gasteiger partial charge in [-0.15, -0.1) is 5.10 Å². The van der Waals surface area contributed by atoms with E-state index in [1.807, 2.05) is 4.90 Å². The molecule has 4 heterocycles. The van der Waals surface area contributed by atoms with Crippen LogP contribution in [0.5, 0.6) is 0 Å². The van der Waals surface area contributed by atoms with Gasteiger partial charge in [0, 0.05) is 48.4 Å². The van der Waals surface area contributed by atoms with E-state index in [0.717, 1.165) is 0 Å². The largest absolute Gasteiger partial charge is 0.442 e. The number of carbonyl (C=O) groups is 1. The maximum absolute atomic E-state index is 15.2. The zero-order valence-electron chi connectivity index (χ0n) is 20.4. The van der Waals surface area contributed by atoms with Gasteiger partial charge in [-0.1, -0.05) is 11.3 Å². The van der Waals surface area contributed by atoms with E-state index in [2.05, 4.69) is 21.4 Å². The number of fused-ring (bicyclic) bond motifs is 1. The van der Waals surface area contributed by atoms with Crippen LogP contribution in [0.15, 0.2) is 48.9 Å². The zero-order chi connectivity index (χ0) is 26.4. The highest BCUT2D eigenvalue weighted by Crippen LogP contribution is 2.63. The lowest BCUT2D eigenvalue weighted by Crippen LogP contribution is -2.42. The number of aliphatic hydroxyl groups is 2. The number of likely N-dealkylation sites (tertiary alicyclic amines) is 1. The quantitative estimate of drug-likeness (QED) is 0.449. The van der Waals surface area contributed by atoms with Gasteiger partial charge in [0.25, 0.3) is 0 Å². The molecule has 38 heavy (non-hydrogen) atoms. The Kier molecular flexibility index (Phi) is 6.06. The molecule has 0 radical (unpaired) electrons. The number of amides is 1. The highest BCUT2D eigenvalue weighted by molar-refractivity contribution is 5.90. The van der Waals surface area contributed by atoms with Crippen molar-refractivity contribution in [3.05, 3.63) is 60.4 Å². The first kappa shape index (κ1) is 24.4. The second kappa shape index (κ2) is 9.43. The summed E-state index contributed by atoms with van der Waals surface area (Å²) in [4.78, 5) is 20.3. The van der Waals surface area contributed by atoms with Crippen molar-refractivity contribution in [3.8, 4) is 17.2 Å². The number of hydrogen-bond donors (Lipinski definition) is 2. The first-order valence-electron chi connectivity index (χ1n) is 12.4. The van der Waals surface area contributed by atoms with Gasteiger partial charge < -0.3 is 14.9 Å². The van der Waals surface area contributed by atoms with Crippen LogP contribution in [0.1, 0.15) is 5.69 Å². The van der Waals surface area contributed by atoms with Crippen molar-refractivity contribution in [2.75, 3.05) is 37.7 Å². The number of aliphatic hydroxyl groups excluding tert-OH is 2. The van der Waals surface area contributed by atoms with E-state index in [4.69, 9.17) is 4.74 Å². The van der Waals surface area contributed by atoms with E-state index < -0.39 is 23.4 Å². The lowest BCUT2D eigenvalue weighted by atomic mass is 9.95. The molecule has 2 unspecified atom stereocenters. The molecule has 1 amide bonds. The molecule has 1 saturated carbocycles. The van der Waals surface area contributed by atoms with Crippen molar-refractivity contribution in [2.45, 2.75) is 24.1 Å². The second-order valence-corrected chi connectivity index (χ2v) is 10.0. The van der Waals surface area contributed by atoms with Crippen molar-refractivity contribution in [2.24, 2.45) is 11.8 Å². The number of pyridine rings is 1. The molecule has 0 spiro atoms. The predicted molar refractivity (Wildman–Crippen MR) is 131 cm³/mol. The van der Waals surface area contributed by atoms with Gasteiger partial charge in [0.1, 0.15) is 17.3 Å². The lowest BCUT2D eigenvalue weighted by molar-refractivity contribution is 0.0792. The van der Waals surface area contributed by atoms with Crippen molar-refractivity contribution in [1.82, 2.24) is 24.9 Å². The summed E-state index contributed by atoms with van der Waals surface area (Å²) >= 11 is 0. The maximum Gasteiger partial charge on any atom is 0.414 e. The topological polar surface area (TPSA) is 141 Å². The van der Waals surface area contributed by atoms with Crippen molar-refractivity contribution >= 4 is 11.8 Å². The molecule has 2 saturated heterocycles. The number of hydrogen-bond acceptors (Lipinski definition) is 9. The number of anilines is 1. The molecule has 2 aromatic heterocycles. The van der Waals surface area contributed by atoms with E-state index in [1.54, 1.807) is 47.5 Å². The number of carbonyl (C=O) groups excluding carboxylic acids is 1. The van der Waals surface area contributed by atoms with Crippen molar-refractivity contribution in [1.29, 1.82) is 5.26 Å². The van der Waals surface area contributed by atoms with Crippen LogP contribution in [-0.2, 0) is 16.7 Å². The molecule has 12 heteroatoms. The van der Waals surface area contributed by atoms with Crippen LogP contribution >= 0.6 is 0 Å². The average Bonchev–Trinajstić information content (AvgIpc) is 3.42. The molecule has 1 aromatic carbocycles. The van der Waals surface area contributed by atoms with Gasteiger partial charge in [0.05, 0.1) is 56.0 Å². The lowest BCUT2D eigenvalue weighted by Gasteiger charge is -2.28. The van der Waals surface area contributed by atoms with E-state index in [9.17, 15) is 20.3 Å². The number of ether oxygens (including phenoxy) is 1. The Morgan fingerprint density at radius 1 is 1.18 bits per heavy atom. The van der Waals surface area contributed by atoms with Gasteiger partial charge in [-0.2, -0.15) is 5.26 Å². The molecule has 6 rings (SSSR count). The molecule has 3 aliphatic rings.